The standard InChI is InChI=1S/C54H81NO8/c1-6-8-10-12-14-16-18-20-22-24-26-28-30-32-34-36-38-40-42-44-51(56)61-48-50(49-62-54(53(58)59)60-47-46-55(3,4)5)63-52(57)45-43-41-39-37-35-33-31-29-27-25-23-21-19-17-15-13-11-9-7-2/h8-11,14-17,20-23,26-29,32-35,38-41,50,54H,6-7,12-13,18-19,24-25,30-31,36-37,42-49H2,1-5H3/b10-8-,11-9-,16-14-,17-15-,22-20-,23-21-,28-26-,29-27-,34-32-,35-33-,40-38-,41-39-. The van der Waals surface area contributed by atoms with E-state index in [0.717, 1.165) is 77.0 Å². The highest BCUT2D eigenvalue weighted by Gasteiger charge is 2.21. The van der Waals surface area contributed by atoms with E-state index in [1.807, 2.05) is 45.4 Å². The smallest absolute Gasteiger partial charge is 0.306 e. The van der Waals surface area contributed by atoms with Gasteiger partial charge in [-0.2, -0.15) is 0 Å². The molecule has 0 heterocycles. The molecule has 0 saturated heterocycles. The van der Waals surface area contributed by atoms with Gasteiger partial charge in [0.05, 0.1) is 40.3 Å². The molecule has 350 valence electrons. The Morgan fingerprint density at radius 1 is 0.460 bits per heavy atom. The maximum atomic E-state index is 12.7. The summed E-state index contributed by atoms with van der Waals surface area (Å²) in [6, 6.07) is 0. The molecule has 0 radical (unpaired) electrons. The highest BCUT2D eigenvalue weighted by Crippen LogP contribution is 2.07. The van der Waals surface area contributed by atoms with Crippen LogP contribution in [-0.2, 0) is 33.3 Å². The van der Waals surface area contributed by atoms with Gasteiger partial charge in [0.1, 0.15) is 13.2 Å². The van der Waals surface area contributed by atoms with Crippen molar-refractivity contribution in [3.05, 3.63) is 146 Å². The van der Waals surface area contributed by atoms with Gasteiger partial charge in [0.2, 0.25) is 0 Å². The molecule has 2 unspecified atom stereocenters. The Hall–Kier alpha value is -4.83. The van der Waals surface area contributed by atoms with E-state index in [1.54, 1.807) is 0 Å². The van der Waals surface area contributed by atoms with Gasteiger partial charge in [-0.3, -0.25) is 9.59 Å². The number of quaternary nitrogens is 1. The number of ether oxygens (including phenoxy) is 4. The molecule has 0 aliphatic rings. The summed E-state index contributed by atoms with van der Waals surface area (Å²) < 4.78 is 22.3. The molecule has 2 atom stereocenters. The molecule has 0 aliphatic carbocycles. The van der Waals surface area contributed by atoms with Crippen LogP contribution in [0.15, 0.2) is 146 Å². The number of hydrogen-bond donors (Lipinski definition) is 0. The Balaban J connectivity index is 4.70. The predicted octanol–water partition coefficient (Wildman–Crippen LogP) is 11.2. The lowest BCUT2D eigenvalue weighted by Crippen LogP contribution is -2.44. The van der Waals surface area contributed by atoms with Crippen LogP contribution in [0.4, 0.5) is 0 Å². The molecule has 0 fully saturated rings. The second kappa shape index (κ2) is 43.8. The first-order chi connectivity index (χ1) is 30.6. The lowest BCUT2D eigenvalue weighted by Gasteiger charge is -2.26. The van der Waals surface area contributed by atoms with Crippen LogP contribution in [0.3, 0.4) is 0 Å². The summed E-state index contributed by atoms with van der Waals surface area (Å²) in [6.07, 6.45) is 60.6. The van der Waals surface area contributed by atoms with Crippen molar-refractivity contribution in [1.29, 1.82) is 0 Å². The van der Waals surface area contributed by atoms with Crippen LogP contribution in [0.25, 0.3) is 0 Å². The van der Waals surface area contributed by atoms with Crippen LogP contribution in [0.2, 0.25) is 0 Å². The van der Waals surface area contributed by atoms with Crippen LogP contribution >= 0.6 is 0 Å². The predicted molar refractivity (Wildman–Crippen MR) is 259 cm³/mol. The quantitative estimate of drug-likeness (QED) is 0.0260. The zero-order chi connectivity index (χ0) is 46.3. The zero-order valence-electron chi connectivity index (χ0n) is 39.4. The average Bonchev–Trinajstić information content (AvgIpc) is 3.24. The van der Waals surface area contributed by atoms with Gasteiger partial charge in [-0.05, 0) is 89.9 Å². The lowest BCUT2D eigenvalue weighted by molar-refractivity contribution is -0.870. The SMILES string of the molecule is CC/C=C\C/C=C\C/C=C\C/C=C\C/C=C\C/C=C\CCC(=O)OCC(COC(OCC[N+](C)(C)C)C(=O)[O-])OC(=O)CC/C=C\C/C=C\C/C=C\C/C=C\C/C=C\C/C=C\CC. The van der Waals surface area contributed by atoms with E-state index in [0.29, 0.717) is 23.9 Å². The van der Waals surface area contributed by atoms with Crippen molar-refractivity contribution < 1.29 is 42.9 Å². The van der Waals surface area contributed by atoms with Gasteiger partial charge in [0.15, 0.2) is 12.4 Å². The van der Waals surface area contributed by atoms with Gasteiger partial charge < -0.3 is 33.3 Å². The zero-order valence-corrected chi connectivity index (χ0v) is 39.4. The Kier molecular flexibility index (Phi) is 40.4. The van der Waals surface area contributed by atoms with E-state index < -0.39 is 30.3 Å². The van der Waals surface area contributed by atoms with Crippen molar-refractivity contribution >= 4 is 17.9 Å². The van der Waals surface area contributed by atoms with Crippen molar-refractivity contribution in [3.63, 3.8) is 0 Å². The molecule has 0 N–H and O–H groups in total. The van der Waals surface area contributed by atoms with Crippen molar-refractivity contribution in [1.82, 2.24) is 0 Å². The van der Waals surface area contributed by atoms with Gasteiger partial charge in [-0.15, -0.1) is 0 Å². The fraction of sp³-hybridized carbons (Fsp3) is 0.500. The molecule has 0 bridgehead atoms. The van der Waals surface area contributed by atoms with Crippen molar-refractivity contribution in [2.24, 2.45) is 0 Å². The average molecular weight is 872 g/mol. The molecule has 9 heteroatoms. The Morgan fingerprint density at radius 2 is 0.794 bits per heavy atom. The largest absolute Gasteiger partial charge is 0.545 e. The first-order valence-corrected chi connectivity index (χ1v) is 23.0. The molecule has 0 amide bonds. The number of allylic oxidation sites excluding steroid dienone is 24. The number of rotatable bonds is 39. The Morgan fingerprint density at radius 3 is 1.13 bits per heavy atom. The summed E-state index contributed by atoms with van der Waals surface area (Å²) in [5.74, 6) is -2.54. The van der Waals surface area contributed by atoms with E-state index in [1.165, 1.54) is 0 Å². The molecule has 0 aromatic rings. The lowest BCUT2D eigenvalue weighted by atomic mass is 10.2. The molecule has 0 saturated carbocycles. The van der Waals surface area contributed by atoms with Crippen LogP contribution in [0.5, 0.6) is 0 Å². The van der Waals surface area contributed by atoms with Gasteiger partial charge in [-0.1, -0.05) is 160 Å². The first kappa shape index (κ1) is 58.2. The van der Waals surface area contributed by atoms with E-state index in [9.17, 15) is 19.5 Å². The van der Waals surface area contributed by atoms with Gasteiger partial charge in [0.25, 0.3) is 0 Å². The third-order valence-electron chi connectivity index (χ3n) is 8.61. The molecule has 9 nitrogen and oxygen atoms in total. The summed E-state index contributed by atoms with van der Waals surface area (Å²) in [7, 11) is 5.85. The third kappa shape index (κ3) is 45.0. The Labute approximate surface area is 382 Å². The number of esters is 2. The van der Waals surface area contributed by atoms with E-state index in [-0.39, 0.29) is 32.7 Å². The maximum Gasteiger partial charge on any atom is 0.306 e. The highest BCUT2D eigenvalue weighted by atomic mass is 16.7. The molecule has 0 aromatic heterocycles. The summed E-state index contributed by atoms with van der Waals surface area (Å²) in [4.78, 5) is 37.0. The van der Waals surface area contributed by atoms with E-state index in [4.69, 9.17) is 18.9 Å². The van der Waals surface area contributed by atoms with Crippen LogP contribution in [0.1, 0.15) is 117 Å². The topological polar surface area (TPSA) is 111 Å². The number of carbonyl (C=O) groups excluding carboxylic acids is 3. The Bertz CT molecular complexity index is 1530. The maximum absolute atomic E-state index is 12.7. The number of hydrogen-bond acceptors (Lipinski definition) is 8. The summed E-state index contributed by atoms with van der Waals surface area (Å²) in [5, 5.41) is 11.7. The van der Waals surface area contributed by atoms with Crippen molar-refractivity contribution in [2.75, 3.05) is 47.5 Å². The minimum Gasteiger partial charge on any atom is -0.545 e. The molecule has 0 aliphatic heterocycles. The highest BCUT2D eigenvalue weighted by molar-refractivity contribution is 5.70. The van der Waals surface area contributed by atoms with Crippen molar-refractivity contribution in [2.45, 2.75) is 129 Å². The van der Waals surface area contributed by atoms with E-state index in [2.05, 4.69) is 135 Å². The summed E-state index contributed by atoms with van der Waals surface area (Å²) in [5.41, 5.74) is 0. The fourth-order valence-corrected chi connectivity index (χ4v) is 5.11. The number of nitrogens with zero attached hydrogens (tertiary/aromatic N) is 1. The number of carboxylic acid groups (broad SMARTS) is 1. The van der Waals surface area contributed by atoms with Crippen LogP contribution in [0, 0.1) is 0 Å². The minimum atomic E-state index is -1.67. The fourth-order valence-electron chi connectivity index (χ4n) is 5.11. The molecular weight excluding hydrogens is 791 g/mol. The van der Waals surface area contributed by atoms with Crippen LogP contribution in [-0.4, -0.2) is 82.3 Å². The van der Waals surface area contributed by atoms with Crippen LogP contribution < -0.4 is 5.11 Å². The monoisotopic (exact) mass is 872 g/mol. The second-order valence-electron chi connectivity index (χ2n) is 15.6. The molecule has 0 rings (SSSR count). The molecule has 0 spiro atoms. The number of carbonyl (C=O) groups is 3. The van der Waals surface area contributed by atoms with Gasteiger partial charge >= 0.3 is 11.9 Å². The minimum absolute atomic E-state index is 0.0964. The number of likely N-dealkylation sites (N-methyl/N-ethyl adjacent to an activating group) is 1. The first-order valence-electron chi connectivity index (χ1n) is 23.0. The summed E-state index contributed by atoms with van der Waals surface area (Å²) in [6.45, 7) is 4.29. The number of carboxylic acids is 1. The molecule has 0 aromatic carbocycles. The molecular formula is C54H81NO8. The van der Waals surface area contributed by atoms with E-state index >= 15 is 0 Å². The van der Waals surface area contributed by atoms with Crippen molar-refractivity contribution in [3.8, 4) is 0 Å². The molecule has 63 heavy (non-hydrogen) atoms. The van der Waals surface area contributed by atoms with Gasteiger partial charge in [-0.25, -0.2) is 0 Å². The summed E-state index contributed by atoms with van der Waals surface area (Å²) >= 11 is 0. The second-order valence-corrected chi connectivity index (χ2v) is 15.6. The normalized spacial score (nSPS) is 14.2. The third-order valence-corrected chi connectivity index (χ3v) is 8.61. The van der Waals surface area contributed by atoms with Gasteiger partial charge in [0, 0.05) is 12.8 Å². The number of aliphatic carboxylic acids is 1.